The molecule has 2 aliphatic rings. The molecule has 3 heterocycles. The third-order valence-corrected chi connectivity index (χ3v) is 7.37. The second-order valence-electron chi connectivity index (χ2n) is 8.35. The van der Waals surface area contributed by atoms with Crippen LogP contribution in [0.3, 0.4) is 0 Å². The minimum absolute atomic E-state index is 0.0216. The molecule has 3 unspecified atom stereocenters. The normalized spacial score (nSPS) is 30.4. The van der Waals surface area contributed by atoms with Crippen LogP contribution >= 0.6 is 7.82 Å². The van der Waals surface area contributed by atoms with Crippen LogP contribution in [0.4, 0.5) is 5.82 Å². The van der Waals surface area contributed by atoms with Crippen LogP contribution in [0.15, 0.2) is 12.7 Å². The topological polar surface area (TPSA) is 135 Å². The van der Waals surface area contributed by atoms with Gasteiger partial charge in [-0.1, -0.05) is 39.5 Å². The van der Waals surface area contributed by atoms with Gasteiger partial charge in [-0.25, -0.2) is 19.5 Å². The van der Waals surface area contributed by atoms with Crippen molar-refractivity contribution in [3.63, 3.8) is 0 Å². The molecule has 10 nitrogen and oxygen atoms in total. The summed E-state index contributed by atoms with van der Waals surface area (Å²) in [7, 11) is -4.14. The number of rotatable bonds is 6. The molecule has 2 aromatic heterocycles. The number of anilines is 1. The summed E-state index contributed by atoms with van der Waals surface area (Å²) >= 11 is 0. The summed E-state index contributed by atoms with van der Waals surface area (Å²) in [6.07, 6.45) is 8.01. The Morgan fingerprint density at radius 2 is 1.93 bits per heavy atom. The molecule has 1 saturated carbocycles. The lowest BCUT2D eigenvalue weighted by atomic mass is 9.93. The molecule has 3 N–H and O–H groups in total. The van der Waals surface area contributed by atoms with E-state index in [2.05, 4.69) is 21.9 Å². The van der Waals surface area contributed by atoms with Crippen molar-refractivity contribution in [2.24, 2.45) is 11.8 Å². The molecule has 0 spiro atoms. The Kier molecular flexibility index (Phi) is 6.41. The summed E-state index contributed by atoms with van der Waals surface area (Å²) in [5.74, 6) is 0.506. The number of phosphoric acid groups is 1. The van der Waals surface area contributed by atoms with Crippen LogP contribution in [0.25, 0.3) is 11.2 Å². The first-order chi connectivity index (χ1) is 14.4. The van der Waals surface area contributed by atoms with Crippen LogP contribution < -0.4 is 5.73 Å². The zero-order valence-electron chi connectivity index (χ0n) is 17.4. The number of ether oxygens (including phenoxy) is 1. The average molecular weight is 439 g/mol. The van der Waals surface area contributed by atoms with Crippen LogP contribution in [0.2, 0.25) is 0 Å². The van der Waals surface area contributed by atoms with Crippen molar-refractivity contribution in [3.05, 3.63) is 12.7 Å². The number of phosphoric ester groups is 1. The Labute approximate surface area is 175 Å². The van der Waals surface area contributed by atoms with E-state index in [1.165, 1.54) is 6.33 Å². The predicted molar refractivity (Wildman–Crippen MR) is 110 cm³/mol. The second-order valence-corrected chi connectivity index (χ2v) is 9.76. The third kappa shape index (κ3) is 4.53. The van der Waals surface area contributed by atoms with Crippen LogP contribution in [0, 0.1) is 11.8 Å². The van der Waals surface area contributed by atoms with Crippen LogP contribution in [-0.4, -0.2) is 43.2 Å². The summed E-state index contributed by atoms with van der Waals surface area (Å²) < 4.78 is 31.3. The molecule has 0 amide bonds. The SMILES string of the molecule is CC1C(C)[C@@H](COP(=O)(O)OC2CCCCCC2)O[C@H]1n1cnc2c(N)ncnc21. The second kappa shape index (κ2) is 8.88. The molecule has 2 aromatic rings. The van der Waals surface area contributed by atoms with E-state index in [1.54, 1.807) is 6.33 Å². The molecule has 2 fully saturated rings. The summed E-state index contributed by atoms with van der Waals surface area (Å²) in [6.45, 7) is 4.08. The number of hydrogen-bond acceptors (Lipinski definition) is 8. The van der Waals surface area contributed by atoms with Crippen molar-refractivity contribution in [1.82, 2.24) is 19.5 Å². The standard InChI is InChI=1S/C19H30N5O5P/c1-12-13(2)19(24-11-23-16-17(20)21-10-22-18(16)24)28-15(12)9-27-30(25,26)29-14-7-5-3-4-6-8-14/h10-15,19H,3-9H2,1-2H3,(H,25,26)(H2,20,21,22)/t12?,13?,15-,19-/m1/s1. The Morgan fingerprint density at radius 1 is 1.20 bits per heavy atom. The molecular formula is C19H30N5O5P. The molecule has 1 aliphatic heterocycles. The lowest BCUT2D eigenvalue weighted by Crippen LogP contribution is -2.22. The third-order valence-electron chi connectivity index (χ3n) is 6.33. The Balaban J connectivity index is 1.40. The molecule has 1 aliphatic carbocycles. The highest BCUT2D eigenvalue weighted by molar-refractivity contribution is 7.47. The largest absolute Gasteiger partial charge is 0.472 e. The fourth-order valence-corrected chi connectivity index (χ4v) is 5.31. The minimum Gasteiger partial charge on any atom is -0.382 e. The van der Waals surface area contributed by atoms with Crippen molar-refractivity contribution >= 4 is 24.8 Å². The number of nitrogens with two attached hydrogens (primary N) is 1. The number of nitrogen functional groups attached to an aromatic ring is 1. The first-order valence-corrected chi connectivity index (χ1v) is 12.1. The first-order valence-electron chi connectivity index (χ1n) is 10.6. The smallest absolute Gasteiger partial charge is 0.382 e. The number of hydrogen-bond donors (Lipinski definition) is 2. The van der Waals surface area contributed by atoms with E-state index in [0.717, 1.165) is 38.5 Å². The summed E-state index contributed by atoms with van der Waals surface area (Å²) in [5.41, 5.74) is 7.00. The van der Waals surface area contributed by atoms with Gasteiger partial charge in [-0.2, -0.15) is 0 Å². The summed E-state index contributed by atoms with van der Waals surface area (Å²) in [5, 5.41) is 0. The van der Waals surface area contributed by atoms with Gasteiger partial charge < -0.3 is 15.4 Å². The van der Waals surface area contributed by atoms with Crippen LogP contribution in [0.1, 0.15) is 58.6 Å². The lowest BCUT2D eigenvalue weighted by Gasteiger charge is -2.22. The molecule has 30 heavy (non-hydrogen) atoms. The summed E-state index contributed by atoms with van der Waals surface area (Å²) in [4.78, 5) is 22.8. The quantitative estimate of drug-likeness (QED) is 0.512. The van der Waals surface area contributed by atoms with Crippen molar-refractivity contribution in [2.75, 3.05) is 12.3 Å². The first kappa shape index (κ1) is 21.6. The van der Waals surface area contributed by atoms with E-state index in [4.69, 9.17) is 19.5 Å². The van der Waals surface area contributed by atoms with E-state index >= 15 is 0 Å². The maximum absolute atomic E-state index is 12.5. The van der Waals surface area contributed by atoms with Gasteiger partial charge in [0.15, 0.2) is 11.5 Å². The number of nitrogens with zero attached hydrogens (tertiary/aromatic N) is 4. The van der Waals surface area contributed by atoms with Crippen molar-refractivity contribution in [3.8, 4) is 0 Å². The molecule has 0 radical (unpaired) electrons. The Morgan fingerprint density at radius 3 is 2.67 bits per heavy atom. The summed E-state index contributed by atoms with van der Waals surface area (Å²) in [6, 6.07) is 0. The Hall–Kier alpha value is -1.58. The number of aromatic nitrogens is 4. The van der Waals surface area contributed by atoms with Gasteiger partial charge in [0.25, 0.3) is 0 Å². The fourth-order valence-electron chi connectivity index (χ4n) is 4.33. The highest BCUT2D eigenvalue weighted by atomic mass is 31.2. The lowest BCUT2D eigenvalue weighted by molar-refractivity contribution is -0.0365. The molecule has 1 saturated heterocycles. The van der Waals surface area contributed by atoms with Gasteiger partial charge in [0, 0.05) is 5.92 Å². The zero-order chi connectivity index (χ0) is 21.3. The van der Waals surface area contributed by atoms with Gasteiger partial charge in [-0.3, -0.25) is 13.6 Å². The van der Waals surface area contributed by atoms with Crippen molar-refractivity contribution < 1.29 is 23.2 Å². The zero-order valence-corrected chi connectivity index (χ0v) is 18.3. The van der Waals surface area contributed by atoms with Crippen molar-refractivity contribution in [1.29, 1.82) is 0 Å². The fraction of sp³-hybridized carbons (Fsp3) is 0.737. The minimum atomic E-state index is -4.14. The highest BCUT2D eigenvalue weighted by Crippen LogP contribution is 2.48. The maximum atomic E-state index is 12.5. The van der Waals surface area contributed by atoms with Gasteiger partial charge in [0.2, 0.25) is 0 Å². The predicted octanol–water partition coefficient (Wildman–Crippen LogP) is 3.43. The average Bonchev–Trinajstić information content (AvgIpc) is 3.14. The van der Waals surface area contributed by atoms with E-state index in [0.29, 0.717) is 17.0 Å². The number of fused-ring (bicyclic) bond motifs is 1. The molecular weight excluding hydrogens is 409 g/mol. The molecule has 4 rings (SSSR count). The van der Waals surface area contributed by atoms with Gasteiger partial charge in [0.1, 0.15) is 18.1 Å². The van der Waals surface area contributed by atoms with E-state index in [1.807, 2.05) is 11.5 Å². The van der Waals surface area contributed by atoms with Crippen LogP contribution in [-0.2, 0) is 18.3 Å². The van der Waals surface area contributed by atoms with Crippen molar-refractivity contribution in [2.45, 2.75) is 70.8 Å². The highest BCUT2D eigenvalue weighted by Gasteiger charge is 2.42. The van der Waals surface area contributed by atoms with Gasteiger partial charge >= 0.3 is 7.82 Å². The van der Waals surface area contributed by atoms with E-state index in [-0.39, 0.29) is 36.9 Å². The Bertz CT molecular complexity index is 916. The van der Waals surface area contributed by atoms with Gasteiger partial charge in [-0.05, 0) is 18.8 Å². The molecule has 11 heteroatoms. The van der Waals surface area contributed by atoms with Gasteiger partial charge in [0.05, 0.1) is 25.1 Å². The molecule has 0 aromatic carbocycles. The van der Waals surface area contributed by atoms with Crippen LogP contribution in [0.5, 0.6) is 0 Å². The van der Waals surface area contributed by atoms with E-state index < -0.39 is 7.82 Å². The molecule has 0 bridgehead atoms. The molecule has 5 atom stereocenters. The molecule has 166 valence electrons. The van der Waals surface area contributed by atoms with E-state index in [9.17, 15) is 9.46 Å². The van der Waals surface area contributed by atoms with Gasteiger partial charge in [-0.15, -0.1) is 0 Å². The monoisotopic (exact) mass is 439 g/mol. The number of imidazole rings is 1. The maximum Gasteiger partial charge on any atom is 0.472 e.